The van der Waals surface area contributed by atoms with E-state index in [-0.39, 0.29) is 6.73 Å². The van der Waals surface area contributed by atoms with Crippen LogP contribution in [0, 0.1) is 0 Å². The van der Waals surface area contributed by atoms with Gasteiger partial charge in [0.05, 0.1) is 18.4 Å². The number of rotatable bonds is 5. The van der Waals surface area contributed by atoms with Gasteiger partial charge in [-0.2, -0.15) is 0 Å². The van der Waals surface area contributed by atoms with E-state index in [1.807, 2.05) is 13.8 Å². The third-order valence-electron chi connectivity index (χ3n) is 2.33. The van der Waals surface area contributed by atoms with Crippen molar-refractivity contribution >= 4 is 0 Å². The summed E-state index contributed by atoms with van der Waals surface area (Å²) in [4.78, 5) is 0. The number of hydrogen-bond acceptors (Lipinski definition) is 3. The molecule has 0 rings (SSSR count). The van der Waals surface area contributed by atoms with Crippen molar-refractivity contribution in [3.05, 3.63) is 0 Å². The fraction of sp³-hybridized carbons (Fsp3) is 1.00. The average Bonchev–Trinajstić information content (AvgIpc) is 2.00. The molecule has 3 N–H and O–H groups in total. The Morgan fingerprint density at radius 3 is 2.00 bits per heavy atom. The van der Waals surface area contributed by atoms with Crippen LogP contribution in [0.3, 0.4) is 0 Å². The second-order valence-electron chi connectivity index (χ2n) is 2.76. The van der Waals surface area contributed by atoms with Crippen molar-refractivity contribution in [2.75, 3.05) is 6.73 Å². The molecule has 1 unspecified atom stereocenters. The number of hydrogen-bond donors (Lipinski definition) is 2. The van der Waals surface area contributed by atoms with E-state index in [1.54, 1.807) is 6.92 Å². The molecule has 0 aliphatic rings. The minimum atomic E-state index is -0.457. The van der Waals surface area contributed by atoms with Crippen molar-refractivity contribution in [1.82, 2.24) is 0 Å². The largest absolute Gasteiger partial charge is 0.390 e. The first-order valence-electron chi connectivity index (χ1n) is 4.15. The van der Waals surface area contributed by atoms with Crippen molar-refractivity contribution in [2.45, 2.75) is 45.3 Å². The van der Waals surface area contributed by atoms with Crippen LogP contribution in [0.1, 0.15) is 33.6 Å². The summed E-state index contributed by atoms with van der Waals surface area (Å²) in [7, 11) is 0. The Morgan fingerprint density at radius 1 is 1.45 bits per heavy atom. The molecule has 0 aliphatic carbocycles. The molecule has 3 heteroatoms. The van der Waals surface area contributed by atoms with Gasteiger partial charge in [-0.25, -0.2) is 0 Å². The number of aliphatic hydroxyl groups is 1. The third-order valence-corrected chi connectivity index (χ3v) is 2.33. The van der Waals surface area contributed by atoms with E-state index < -0.39 is 11.7 Å². The molecule has 0 heterocycles. The zero-order chi connectivity index (χ0) is 8.91. The van der Waals surface area contributed by atoms with Crippen molar-refractivity contribution in [1.29, 1.82) is 0 Å². The van der Waals surface area contributed by atoms with Crippen molar-refractivity contribution in [3.8, 4) is 0 Å². The zero-order valence-corrected chi connectivity index (χ0v) is 7.63. The Balaban J connectivity index is 4.20. The lowest BCUT2D eigenvalue weighted by Crippen LogP contribution is -2.43. The van der Waals surface area contributed by atoms with Crippen LogP contribution in [0.2, 0.25) is 0 Å². The fourth-order valence-corrected chi connectivity index (χ4v) is 1.33. The number of aliphatic hydroxyl groups excluding tert-OH is 1. The summed E-state index contributed by atoms with van der Waals surface area (Å²) in [6, 6.07) is 0. The minimum absolute atomic E-state index is 0.173. The molecular weight excluding hydrogens is 142 g/mol. The first-order chi connectivity index (χ1) is 5.13. The van der Waals surface area contributed by atoms with Crippen molar-refractivity contribution in [3.63, 3.8) is 0 Å². The highest BCUT2D eigenvalue weighted by Crippen LogP contribution is 2.23. The van der Waals surface area contributed by atoms with Gasteiger partial charge in [-0.05, 0) is 19.8 Å². The van der Waals surface area contributed by atoms with Crippen molar-refractivity contribution in [2.24, 2.45) is 5.73 Å². The first-order valence-corrected chi connectivity index (χ1v) is 4.15. The lowest BCUT2D eigenvalue weighted by atomic mass is 9.91. The summed E-state index contributed by atoms with van der Waals surface area (Å²) < 4.78 is 5.32. The maximum Gasteiger partial charge on any atom is 0.0949 e. The van der Waals surface area contributed by atoms with E-state index in [0.29, 0.717) is 0 Å². The van der Waals surface area contributed by atoms with Crippen LogP contribution in [-0.4, -0.2) is 23.5 Å². The maximum absolute atomic E-state index is 9.41. The quantitative estimate of drug-likeness (QED) is 0.588. The molecule has 0 spiro atoms. The van der Waals surface area contributed by atoms with Crippen molar-refractivity contribution < 1.29 is 9.84 Å². The molecule has 0 aromatic heterocycles. The summed E-state index contributed by atoms with van der Waals surface area (Å²) in [5.41, 5.74) is 4.83. The normalized spacial score (nSPS) is 15.0. The van der Waals surface area contributed by atoms with Gasteiger partial charge < -0.3 is 15.6 Å². The number of ether oxygens (including phenoxy) is 1. The molecule has 0 aliphatic heterocycles. The van der Waals surface area contributed by atoms with E-state index in [4.69, 9.17) is 10.5 Å². The van der Waals surface area contributed by atoms with Crippen LogP contribution in [0.15, 0.2) is 0 Å². The van der Waals surface area contributed by atoms with Gasteiger partial charge in [0.25, 0.3) is 0 Å². The van der Waals surface area contributed by atoms with Gasteiger partial charge in [-0.1, -0.05) is 13.8 Å². The monoisotopic (exact) mass is 161 g/mol. The van der Waals surface area contributed by atoms with Gasteiger partial charge in [0.15, 0.2) is 0 Å². The predicted molar refractivity (Wildman–Crippen MR) is 45.1 cm³/mol. The van der Waals surface area contributed by atoms with E-state index >= 15 is 0 Å². The topological polar surface area (TPSA) is 55.5 Å². The average molecular weight is 161 g/mol. The lowest BCUT2D eigenvalue weighted by molar-refractivity contribution is -0.120. The van der Waals surface area contributed by atoms with Crippen LogP contribution < -0.4 is 5.73 Å². The summed E-state index contributed by atoms with van der Waals surface area (Å²) in [6.45, 7) is 5.90. The Bertz CT molecular complexity index is 100. The van der Waals surface area contributed by atoms with Gasteiger partial charge in [-0.3, -0.25) is 0 Å². The summed E-state index contributed by atoms with van der Waals surface area (Å²) >= 11 is 0. The summed E-state index contributed by atoms with van der Waals surface area (Å²) in [5, 5.41) is 9.41. The zero-order valence-electron chi connectivity index (χ0n) is 7.63. The molecule has 0 bridgehead atoms. The molecule has 0 amide bonds. The van der Waals surface area contributed by atoms with E-state index in [9.17, 15) is 5.11 Å². The standard InChI is InChI=1S/C8H19NO2/c1-4-8(5-2,7(3)10)11-6-9/h7,10H,4-6,9H2,1-3H3. The first kappa shape index (κ1) is 10.9. The predicted octanol–water partition coefficient (Wildman–Crippen LogP) is 0.859. The fourth-order valence-electron chi connectivity index (χ4n) is 1.33. The Hall–Kier alpha value is -0.120. The Morgan fingerprint density at radius 2 is 1.91 bits per heavy atom. The SMILES string of the molecule is CCC(CC)(OCN)C(C)O. The van der Waals surface area contributed by atoms with E-state index in [1.165, 1.54) is 0 Å². The summed E-state index contributed by atoms with van der Waals surface area (Å²) in [5.74, 6) is 0. The Labute approximate surface area is 68.5 Å². The highest BCUT2D eigenvalue weighted by Gasteiger charge is 2.31. The molecule has 0 aromatic carbocycles. The highest BCUT2D eigenvalue weighted by molar-refractivity contribution is 4.82. The van der Waals surface area contributed by atoms with Crippen LogP contribution in [0.25, 0.3) is 0 Å². The minimum Gasteiger partial charge on any atom is -0.390 e. The summed E-state index contributed by atoms with van der Waals surface area (Å²) in [6.07, 6.45) is 1.12. The lowest BCUT2D eigenvalue weighted by Gasteiger charge is -2.34. The van der Waals surface area contributed by atoms with Gasteiger partial charge in [0.2, 0.25) is 0 Å². The molecule has 0 aromatic rings. The molecular formula is C8H19NO2. The maximum atomic E-state index is 9.41. The second kappa shape index (κ2) is 4.70. The van der Waals surface area contributed by atoms with Gasteiger partial charge in [0, 0.05) is 0 Å². The van der Waals surface area contributed by atoms with Crippen LogP contribution in [0.5, 0.6) is 0 Å². The molecule has 0 fully saturated rings. The van der Waals surface area contributed by atoms with E-state index in [0.717, 1.165) is 12.8 Å². The molecule has 0 saturated heterocycles. The van der Waals surface area contributed by atoms with E-state index in [2.05, 4.69) is 0 Å². The van der Waals surface area contributed by atoms with Crippen LogP contribution in [0.4, 0.5) is 0 Å². The molecule has 3 nitrogen and oxygen atoms in total. The smallest absolute Gasteiger partial charge is 0.0949 e. The van der Waals surface area contributed by atoms with Gasteiger partial charge >= 0.3 is 0 Å². The third kappa shape index (κ3) is 2.43. The van der Waals surface area contributed by atoms with Crippen LogP contribution >= 0.6 is 0 Å². The van der Waals surface area contributed by atoms with Gasteiger partial charge in [-0.15, -0.1) is 0 Å². The molecule has 0 saturated carbocycles. The Kier molecular flexibility index (Phi) is 4.65. The van der Waals surface area contributed by atoms with Gasteiger partial charge in [0.1, 0.15) is 0 Å². The van der Waals surface area contributed by atoms with Crippen LogP contribution in [-0.2, 0) is 4.74 Å². The molecule has 1 atom stereocenters. The highest BCUT2D eigenvalue weighted by atomic mass is 16.5. The molecule has 68 valence electrons. The molecule has 11 heavy (non-hydrogen) atoms. The second-order valence-corrected chi connectivity index (χ2v) is 2.76. The molecule has 0 radical (unpaired) electrons. The number of nitrogens with two attached hydrogens (primary N) is 1.